The van der Waals surface area contributed by atoms with Gasteiger partial charge in [-0.25, -0.2) is 0 Å². The second-order valence-corrected chi connectivity index (χ2v) is 6.71. The van der Waals surface area contributed by atoms with Crippen LogP contribution in [0.3, 0.4) is 0 Å². The molecule has 1 N–H and O–H groups in total. The van der Waals surface area contributed by atoms with Crippen molar-refractivity contribution < 1.29 is 0 Å². The highest BCUT2D eigenvalue weighted by Gasteiger charge is 2.19. The minimum atomic E-state index is 0.353. The maximum absolute atomic E-state index is 4.75. The molecule has 1 rings (SSSR count). The van der Waals surface area contributed by atoms with Crippen LogP contribution in [0.2, 0.25) is 0 Å². The molecule has 110 valence electrons. The van der Waals surface area contributed by atoms with Crippen LogP contribution < -0.4 is 5.32 Å². The molecule has 1 heterocycles. The van der Waals surface area contributed by atoms with Gasteiger partial charge in [-0.05, 0) is 37.8 Å². The van der Waals surface area contributed by atoms with Crippen LogP contribution in [-0.4, -0.2) is 22.9 Å². The third-order valence-electron chi connectivity index (χ3n) is 3.70. The van der Waals surface area contributed by atoms with Crippen molar-refractivity contribution in [2.45, 2.75) is 72.4 Å². The molecule has 0 fully saturated rings. The first-order valence-electron chi connectivity index (χ1n) is 7.61. The minimum Gasteiger partial charge on any atom is -0.317 e. The van der Waals surface area contributed by atoms with Crippen LogP contribution in [0.1, 0.15) is 65.6 Å². The topological polar surface area (TPSA) is 29.9 Å². The molecule has 0 saturated heterocycles. The Kier molecular flexibility index (Phi) is 6.05. The first-order valence-corrected chi connectivity index (χ1v) is 7.61. The number of aromatic nitrogens is 2. The molecule has 3 heteroatoms. The quantitative estimate of drug-likeness (QED) is 0.812. The molecule has 1 aromatic rings. The number of hydrogen-bond acceptors (Lipinski definition) is 2. The Labute approximate surface area is 118 Å². The van der Waals surface area contributed by atoms with Gasteiger partial charge < -0.3 is 5.32 Å². The lowest BCUT2D eigenvalue weighted by Crippen LogP contribution is -2.32. The smallest absolute Gasteiger partial charge is 0.0640 e. The summed E-state index contributed by atoms with van der Waals surface area (Å²) in [5.41, 5.74) is 1.56. The van der Waals surface area contributed by atoms with E-state index in [9.17, 15) is 0 Å². The van der Waals surface area contributed by atoms with E-state index in [1.807, 2.05) is 7.05 Å². The normalized spacial score (nSPS) is 14.1. The number of likely N-dealkylation sites (N-methyl/N-ethyl adjacent to an activating group) is 1. The van der Waals surface area contributed by atoms with Crippen molar-refractivity contribution >= 4 is 0 Å². The van der Waals surface area contributed by atoms with Gasteiger partial charge in [-0.2, -0.15) is 5.10 Å². The van der Waals surface area contributed by atoms with Crippen molar-refractivity contribution in [3.05, 3.63) is 18.0 Å². The van der Waals surface area contributed by atoms with Crippen molar-refractivity contribution in [2.75, 3.05) is 7.05 Å². The zero-order valence-electron chi connectivity index (χ0n) is 13.5. The van der Waals surface area contributed by atoms with Crippen molar-refractivity contribution in [1.82, 2.24) is 15.1 Å². The van der Waals surface area contributed by atoms with E-state index >= 15 is 0 Å². The number of rotatable bonds is 7. The fourth-order valence-corrected chi connectivity index (χ4v) is 2.62. The van der Waals surface area contributed by atoms with Gasteiger partial charge in [-0.1, -0.05) is 34.6 Å². The minimum absolute atomic E-state index is 0.353. The van der Waals surface area contributed by atoms with Crippen molar-refractivity contribution in [2.24, 2.45) is 5.41 Å². The maximum Gasteiger partial charge on any atom is 0.0640 e. The Balaban J connectivity index is 2.66. The third-order valence-corrected chi connectivity index (χ3v) is 3.70. The lowest BCUT2D eigenvalue weighted by atomic mass is 9.86. The van der Waals surface area contributed by atoms with Crippen LogP contribution in [-0.2, 0) is 6.42 Å². The van der Waals surface area contributed by atoms with E-state index in [4.69, 9.17) is 5.10 Å². The third kappa shape index (κ3) is 5.35. The van der Waals surface area contributed by atoms with Crippen molar-refractivity contribution in [3.8, 4) is 0 Å². The summed E-state index contributed by atoms with van der Waals surface area (Å²) in [6.07, 6.45) is 6.61. The van der Waals surface area contributed by atoms with E-state index < -0.39 is 0 Å². The van der Waals surface area contributed by atoms with Gasteiger partial charge in [-0.3, -0.25) is 4.68 Å². The highest BCUT2D eigenvalue weighted by molar-refractivity contribution is 5.02. The Hall–Kier alpha value is -0.830. The Bertz CT molecular complexity index is 358. The van der Waals surface area contributed by atoms with Crippen LogP contribution in [0.5, 0.6) is 0 Å². The highest BCUT2D eigenvalue weighted by Crippen LogP contribution is 2.22. The van der Waals surface area contributed by atoms with Gasteiger partial charge in [0.25, 0.3) is 0 Å². The Morgan fingerprint density at radius 3 is 2.37 bits per heavy atom. The molecule has 1 unspecified atom stereocenters. The second kappa shape index (κ2) is 7.09. The summed E-state index contributed by atoms with van der Waals surface area (Å²) in [5.74, 6) is 0. The molecule has 19 heavy (non-hydrogen) atoms. The van der Waals surface area contributed by atoms with Gasteiger partial charge in [0.05, 0.1) is 11.7 Å². The summed E-state index contributed by atoms with van der Waals surface area (Å²) in [5, 5.41) is 8.17. The second-order valence-electron chi connectivity index (χ2n) is 6.71. The Morgan fingerprint density at radius 1 is 1.26 bits per heavy atom. The molecular weight excluding hydrogens is 234 g/mol. The van der Waals surface area contributed by atoms with Crippen molar-refractivity contribution in [3.63, 3.8) is 0 Å². The van der Waals surface area contributed by atoms with Gasteiger partial charge >= 0.3 is 0 Å². The average Bonchev–Trinajstić information content (AvgIpc) is 2.76. The zero-order valence-corrected chi connectivity index (χ0v) is 13.5. The lowest BCUT2D eigenvalue weighted by Gasteiger charge is -2.25. The van der Waals surface area contributed by atoms with Crippen LogP contribution in [0, 0.1) is 5.41 Å². The van der Waals surface area contributed by atoms with E-state index in [1.54, 1.807) is 0 Å². The molecule has 0 aliphatic heterocycles. The molecule has 1 aromatic heterocycles. The van der Waals surface area contributed by atoms with Crippen LogP contribution in [0.4, 0.5) is 0 Å². The van der Waals surface area contributed by atoms with Crippen LogP contribution in [0.25, 0.3) is 0 Å². The molecule has 3 nitrogen and oxygen atoms in total. The molecule has 0 spiro atoms. The summed E-state index contributed by atoms with van der Waals surface area (Å²) in [7, 11) is 2.05. The van der Waals surface area contributed by atoms with Gasteiger partial charge in [-0.15, -0.1) is 0 Å². The summed E-state index contributed by atoms with van der Waals surface area (Å²) in [4.78, 5) is 0. The maximum atomic E-state index is 4.75. The number of nitrogens with one attached hydrogen (secondary N) is 1. The van der Waals surface area contributed by atoms with E-state index in [-0.39, 0.29) is 0 Å². The fraction of sp³-hybridized carbons (Fsp3) is 0.812. The highest BCUT2D eigenvalue weighted by atomic mass is 15.3. The summed E-state index contributed by atoms with van der Waals surface area (Å²) >= 11 is 0. The Morgan fingerprint density at radius 2 is 1.89 bits per heavy atom. The molecule has 1 atom stereocenters. The first kappa shape index (κ1) is 16.2. The lowest BCUT2D eigenvalue weighted by molar-refractivity contribution is 0.314. The van der Waals surface area contributed by atoms with Crippen LogP contribution in [0.15, 0.2) is 12.3 Å². The zero-order chi connectivity index (χ0) is 14.5. The molecule has 0 radical (unpaired) electrons. The predicted octanol–water partition coefficient (Wildman–Crippen LogP) is 3.81. The van der Waals surface area contributed by atoms with E-state index in [0.717, 1.165) is 19.3 Å². The van der Waals surface area contributed by atoms with Gasteiger partial charge in [0, 0.05) is 18.7 Å². The van der Waals surface area contributed by atoms with Gasteiger partial charge in [0.1, 0.15) is 0 Å². The largest absolute Gasteiger partial charge is 0.317 e. The van der Waals surface area contributed by atoms with E-state index in [1.165, 1.54) is 12.1 Å². The van der Waals surface area contributed by atoms with Crippen LogP contribution >= 0.6 is 0 Å². The summed E-state index contributed by atoms with van der Waals surface area (Å²) in [6, 6.07) is 3.22. The summed E-state index contributed by atoms with van der Waals surface area (Å²) in [6.45, 7) is 11.3. The molecule has 0 aromatic carbocycles. The molecule has 0 saturated carbocycles. The van der Waals surface area contributed by atoms with E-state index in [2.05, 4.69) is 56.9 Å². The molecule has 0 aliphatic rings. The van der Waals surface area contributed by atoms with Gasteiger partial charge in [0.15, 0.2) is 0 Å². The average molecular weight is 265 g/mol. The fourth-order valence-electron chi connectivity index (χ4n) is 2.62. The molecular formula is C16H31N3. The number of hydrogen-bond donors (Lipinski definition) is 1. The molecule has 0 bridgehead atoms. The monoisotopic (exact) mass is 265 g/mol. The van der Waals surface area contributed by atoms with Gasteiger partial charge in [0.2, 0.25) is 0 Å². The first-order chi connectivity index (χ1) is 8.89. The predicted molar refractivity (Wildman–Crippen MR) is 82.5 cm³/mol. The van der Waals surface area contributed by atoms with Crippen molar-refractivity contribution in [1.29, 1.82) is 0 Å². The summed E-state index contributed by atoms with van der Waals surface area (Å²) < 4.78 is 2.14. The standard InChI is InChI=1S/C16H31N3/c1-7-15(8-2)19-10-9-13(18-19)11-14(17-6)12-16(3,4)5/h9-10,14-15,17H,7-8,11-12H2,1-6H3. The molecule has 0 aliphatic carbocycles. The SMILES string of the molecule is CCC(CC)n1ccc(CC(CC(C)(C)C)NC)n1. The number of nitrogens with zero attached hydrogens (tertiary/aromatic N) is 2. The molecule has 0 amide bonds. The van der Waals surface area contributed by atoms with E-state index in [0.29, 0.717) is 17.5 Å².